The summed E-state index contributed by atoms with van der Waals surface area (Å²) >= 11 is 0. The first-order valence-electron chi connectivity index (χ1n) is 5.88. The van der Waals surface area contributed by atoms with Crippen molar-refractivity contribution >= 4 is 11.7 Å². The summed E-state index contributed by atoms with van der Waals surface area (Å²) in [5.41, 5.74) is 5.93. The van der Waals surface area contributed by atoms with E-state index in [0.29, 0.717) is 12.4 Å². The van der Waals surface area contributed by atoms with Gasteiger partial charge in [-0.2, -0.15) is 0 Å². The van der Waals surface area contributed by atoms with Gasteiger partial charge >= 0.3 is 5.97 Å². The highest BCUT2D eigenvalue weighted by Crippen LogP contribution is 2.20. The number of imidazole rings is 1. The average molecular weight is 261 g/mol. The van der Waals surface area contributed by atoms with Crippen LogP contribution in [0.4, 0.5) is 5.69 Å². The predicted molar refractivity (Wildman–Crippen MR) is 70.2 cm³/mol. The second-order valence-electron chi connectivity index (χ2n) is 4.06. The number of aromatic carboxylic acids is 1. The second-order valence-corrected chi connectivity index (χ2v) is 4.06. The van der Waals surface area contributed by atoms with Gasteiger partial charge in [0.15, 0.2) is 0 Å². The van der Waals surface area contributed by atoms with Gasteiger partial charge in [0.2, 0.25) is 0 Å². The van der Waals surface area contributed by atoms with Crippen molar-refractivity contribution in [2.24, 2.45) is 0 Å². The smallest absolute Gasteiger partial charge is 0.337 e. The minimum absolute atomic E-state index is 0.0887. The van der Waals surface area contributed by atoms with E-state index in [1.807, 2.05) is 10.8 Å². The van der Waals surface area contributed by atoms with Crippen LogP contribution in [0, 0.1) is 0 Å². The SMILES string of the molecule is Nc1cc(OCCCn2ccnc2)ccc1C(=O)O. The fourth-order valence-electron chi connectivity index (χ4n) is 1.68. The Balaban J connectivity index is 1.83. The summed E-state index contributed by atoms with van der Waals surface area (Å²) in [6, 6.07) is 4.58. The third-order valence-electron chi connectivity index (χ3n) is 2.64. The maximum Gasteiger partial charge on any atom is 0.337 e. The molecule has 0 aliphatic rings. The van der Waals surface area contributed by atoms with E-state index in [-0.39, 0.29) is 11.3 Å². The molecule has 6 heteroatoms. The summed E-state index contributed by atoms with van der Waals surface area (Å²) in [4.78, 5) is 14.7. The van der Waals surface area contributed by atoms with E-state index in [1.165, 1.54) is 12.1 Å². The number of hydrogen-bond acceptors (Lipinski definition) is 4. The van der Waals surface area contributed by atoms with Gasteiger partial charge in [0.1, 0.15) is 5.75 Å². The van der Waals surface area contributed by atoms with Crippen LogP contribution in [0.25, 0.3) is 0 Å². The van der Waals surface area contributed by atoms with E-state index in [0.717, 1.165) is 13.0 Å². The van der Waals surface area contributed by atoms with Crippen LogP contribution in [0.2, 0.25) is 0 Å². The first-order valence-corrected chi connectivity index (χ1v) is 5.88. The third kappa shape index (κ3) is 3.48. The van der Waals surface area contributed by atoms with E-state index in [1.54, 1.807) is 18.6 Å². The number of aryl methyl sites for hydroxylation is 1. The molecule has 0 bridgehead atoms. The van der Waals surface area contributed by atoms with Crippen LogP contribution in [0.5, 0.6) is 5.75 Å². The molecule has 1 aromatic carbocycles. The normalized spacial score (nSPS) is 10.3. The summed E-state index contributed by atoms with van der Waals surface area (Å²) in [7, 11) is 0. The molecule has 1 heterocycles. The minimum atomic E-state index is -1.04. The second kappa shape index (κ2) is 5.90. The molecule has 1 aromatic heterocycles. The molecule has 0 aliphatic heterocycles. The standard InChI is InChI=1S/C13H15N3O3/c14-12-8-10(2-3-11(12)13(17)18)19-7-1-5-16-6-4-15-9-16/h2-4,6,8-9H,1,5,7,14H2,(H,17,18). The molecule has 6 nitrogen and oxygen atoms in total. The van der Waals surface area contributed by atoms with Gasteiger partial charge < -0.3 is 20.1 Å². The minimum Gasteiger partial charge on any atom is -0.493 e. The lowest BCUT2D eigenvalue weighted by Crippen LogP contribution is -2.05. The van der Waals surface area contributed by atoms with Crippen molar-refractivity contribution in [1.29, 1.82) is 0 Å². The molecule has 0 fully saturated rings. The molecule has 2 aromatic rings. The Labute approximate surface area is 110 Å². The average Bonchev–Trinajstić information content (AvgIpc) is 2.87. The van der Waals surface area contributed by atoms with E-state index in [2.05, 4.69) is 4.98 Å². The van der Waals surface area contributed by atoms with Crippen LogP contribution >= 0.6 is 0 Å². The van der Waals surface area contributed by atoms with Crippen LogP contribution in [-0.4, -0.2) is 27.2 Å². The molecule has 0 atom stereocenters. The first-order chi connectivity index (χ1) is 9.16. The highest BCUT2D eigenvalue weighted by atomic mass is 16.5. The molecule has 100 valence electrons. The number of anilines is 1. The van der Waals surface area contributed by atoms with Gasteiger partial charge in [-0.25, -0.2) is 9.78 Å². The van der Waals surface area contributed by atoms with Gasteiger partial charge in [-0.3, -0.25) is 0 Å². The summed E-state index contributed by atoms with van der Waals surface area (Å²) in [5, 5.41) is 8.85. The Morgan fingerprint density at radius 1 is 1.47 bits per heavy atom. The molecule has 0 spiro atoms. The highest BCUT2D eigenvalue weighted by Gasteiger charge is 2.08. The number of ether oxygens (including phenoxy) is 1. The topological polar surface area (TPSA) is 90.4 Å². The van der Waals surface area contributed by atoms with Gasteiger partial charge in [-0.05, 0) is 18.6 Å². The van der Waals surface area contributed by atoms with E-state index in [4.69, 9.17) is 15.6 Å². The Morgan fingerprint density at radius 3 is 2.95 bits per heavy atom. The zero-order valence-electron chi connectivity index (χ0n) is 10.3. The number of nitrogens with two attached hydrogens (primary N) is 1. The molecule has 3 N–H and O–H groups in total. The van der Waals surface area contributed by atoms with Crippen molar-refractivity contribution in [3.8, 4) is 5.75 Å². The molecule has 0 amide bonds. The Morgan fingerprint density at radius 2 is 2.32 bits per heavy atom. The molecule has 2 rings (SSSR count). The third-order valence-corrected chi connectivity index (χ3v) is 2.64. The lowest BCUT2D eigenvalue weighted by molar-refractivity contribution is 0.0698. The fourth-order valence-corrected chi connectivity index (χ4v) is 1.68. The lowest BCUT2D eigenvalue weighted by Gasteiger charge is -2.08. The zero-order chi connectivity index (χ0) is 13.7. The molecule has 0 saturated carbocycles. The van der Waals surface area contributed by atoms with Crippen LogP contribution in [0.3, 0.4) is 0 Å². The molecule has 0 unspecified atom stereocenters. The number of rotatable bonds is 6. The molecule has 0 saturated heterocycles. The number of benzene rings is 1. The van der Waals surface area contributed by atoms with Crippen molar-refractivity contribution in [2.45, 2.75) is 13.0 Å². The van der Waals surface area contributed by atoms with Crippen molar-refractivity contribution in [1.82, 2.24) is 9.55 Å². The van der Waals surface area contributed by atoms with Gasteiger partial charge in [0, 0.05) is 30.7 Å². The van der Waals surface area contributed by atoms with E-state index in [9.17, 15) is 4.79 Å². The summed E-state index contributed by atoms with van der Waals surface area (Å²) in [6.07, 6.45) is 6.20. The van der Waals surface area contributed by atoms with Crippen molar-refractivity contribution in [2.75, 3.05) is 12.3 Å². The Bertz CT molecular complexity index is 552. The van der Waals surface area contributed by atoms with Crippen molar-refractivity contribution < 1.29 is 14.6 Å². The van der Waals surface area contributed by atoms with Crippen LogP contribution in [0.1, 0.15) is 16.8 Å². The van der Waals surface area contributed by atoms with E-state index >= 15 is 0 Å². The molecular formula is C13H15N3O3. The summed E-state index contributed by atoms with van der Waals surface area (Å²) in [6.45, 7) is 1.35. The fraction of sp³-hybridized carbons (Fsp3) is 0.231. The van der Waals surface area contributed by atoms with Gasteiger partial charge in [0.25, 0.3) is 0 Å². The molecule has 19 heavy (non-hydrogen) atoms. The van der Waals surface area contributed by atoms with E-state index < -0.39 is 5.97 Å². The number of nitrogens with zero attached hydrogens (tertiary/aromatic N) is 2. The maximum absolute atomic E-state index is 10.8. The molecular weight excluding hydrogens is 246 g/mol. The number of carbonyl (C=O) groups is 1. The van der Waals surface area contributed by atoms with Crippen LogP contribution < -0.4 is 10.5 Å². The van der Waals surface area contributed by atoms with Gasteiger partial charge in [-0.15, -0.1) is 0 Å². The number of carboxylic acid groups (broad SMARTS) is 1. The zero-order valence-corrected chi connectivity index (χ0v) is 10.3. The lowest BCUT2D eigenvalue weighted by atomic mass is 10.2. The first kappa shape index (κ1) is 12.9. The van der Waals surface area contributed by atoms with Gasteiger partial charge in [0.05, 0.1) is 18.5 Å². The number of hydrogen-bond donors (Lipinski definition) is 2. The van der Waals surface area contributed by atoms with Gasteiger partial charge in [-0.1, -0.05) is 0 Å². The number of nitrogen functional groups attached to an aromatic ring is 1. The van der Waals surface area contributed by atoms with Crippen molar-refractivity contribution in [3.63, 3.8) is 0 Å². The number of aromatic nitrogens is 2. The predicted octanol–water partition coefficient (Wildman–Crippen LogP) is 1.63. The number of carboxylic acids is 1. The quantitative estimate of drug-likeness (QED) is 0.609. The highest BCUT2D eigenvalue weighted by molar-refractivity contribution is 5.93. The summed E-state index contributed by atoms with van der Waals surface area (Å²) in [5.74, 6) is -0.461. The van der Waals surface area contributed by atoms with Crippen LogP contribution in [0.15, 0.2) is 36.9 Å². The van der Waals surface area contributed by atoms with Crippen LogP contribution in [-0.2, 0) is 6.54 Å². The molecule has 0 radical (unpaired) electrons. The molecule has 0 aliphatic carbocycles. The summed E-state index contributed by atoms with van der Waals surface area (Å²) < 4.78 is 7.48. The monoisotopic (exact) mass is 261 g/mol. The largest absolute Gasteiger partial charge is 0.493 e. The Kier molecular flexibility index (Phi) is 4.02. The Hall–Kier alpha value is -2.50. The van der Waals surface area contributed by atoms with Crippen molar-refractivity contribution in [3.05, 3.63) is 42.5 Å². The maximum atomic E-state index is 10.8.